The number of alkyl halides is 3. The quantitative estimate of drug-likeness (QED) is 0.848. The highest BCUT2D eigenvalue weighted by atomic mass is 19.4. The molecule has 0 aromatic heterocycles. The normalized spacial score (nSPS) is 24.6. The molecule has 1 spiro atoms. The van der Waals surface area contributed by atoms with Crippen molar-refractivity contribution in [2.24, 2.45) is 0 Å². The molecule has 1 aliphatic carbocycles. The maximum absolute atomic E-state index is 12.9. The van der Waals surface area contributed by atoms with Crippen LogP contribution < -0.4 is 5.32 Å². The van der Waals surface area contributed by atoms with Crippen LogP contribution in [0, 0.1) is 0 Å². The van der Waals surface area contributed by atoms with Crippen molar-refractivity contribution in [3.05, 3.63) is 29.3 Å². The molecule has 7 heteroatoms. The molecule has 0 unspecified atom stereocenters. The Morgan fingerprint density at radius 2 is 2.00 bits per heavy atom. The summed E-state index contributed by atoms with van der Waals surface area (Å²) in [7, 11) is 0. The Balaban J connectivity index is 1.59. The molecule has 3 rings (SSSR count). The fourth-order valence-corrected chi connectivity index (χ4v) is 3.63. The Kier molecular flexibility index (Phi) is 5.27. The molecule has 1 aromatic rings. The summed E-state index contributed by atoms with van der Waals surface area (Å²) in [5.41, 5.74) is -0.790. The van der Waals surface area contributed by atoms with Crippen LogP contribution in [0.2, 0.25) is 0 Å². The minimum absolute atomic E-state index is 0.131. The standard InChI is InChI=1S/C18H24F3NO3/c1-12(14-6-5-7-15(16(14)23)18(19,20)21)22-10-13-11-24-17(25-13)8-3-2-4-9-17/h5-7,12-13,22-23H,2-4,8-11H2,1H3/t12-,13+/m0/s1. The topological polar surface area (TPSA) is 50.7 Å². The maximum atomic E-state index is 12.9. The molecule has 140 valence electrons. The molecule has 1 aliphatic heterocycles. The molecule has 1 aromatic carbocycles. The first-order valence-electron chi connectivity index (χ1n) is 8.75. The maximum Gasteiger partial charge on any atom is 0.419 e. The molecule has 1 saturated heterocycles. The molecule has 2 atom stereocenters. The zero-order chi connectivity index (χ0) is 18.1. The fraction of sp³-hybridized carbons (Fsp3) is 0.667. The van der Waals surface area contributed by atoms with E-state index in [4.69, 9.17) is 9.47 Å². The average molecular weight is 359 g/mol. The smallest absolute Gasteiger partial charge is 0.419 e. The average Bonchev–Trinajstić information content (AvgIpc) is 2.95. The first-order chi connectivity index (χ1) is 11.8. The molecule has 0 amide bonds. The van der Waals surface area contributed by atoms with E-state index in [1.165, 1.54) is 18.6 Å². The van der Waals surface area contributed by atoms with Crippen molar-refractivity contribution in [2.75, 3.05) is 13.2 Å². The predicted molar refractivity (Wildman–Crippen MR) is 86.2 cm³/mol. The van der Waals surface area contributed by atoms with Crippen molar-refractivity contribution in [1.82, 2.24) is 5.32 Å². The molecule has 2 N–H and O–H groups in total. The number of phenols is 1. The van der Waals surface area contributed by atoms with E-state index < -0.39 is 29.3 Å². The van der Waals surface area contributed by atoms with Crippen LogP contribution >= 0.6 is 0 Å². The minimum atomic E-state index is -4.57. The van der Waals surface area contributed by atoms with Crippen molar-refractivity contribution in [2.45, 2.75) is 63.1 Å². The third-order valence-corrected chi connectivity index (χ3v) is 5.02. The summed E-state index contributed by atoms with van der Waals surface area (Å²) in [5, 5.41) is 13.1. The summed E-state index contributed by atoms with van der Waals surface area (Å²) in [6.45, 7) is 2.66. The molecule has 0 radical (unpaired) electrons. The number of benzene rings is 1. The summed E-state index contributed by atoms with van der Waals surface area (Å²) in [5.74, 6) is -1.19. The third kappa shape index (κ3) is 4.10. The van der Waals surface area contributed by atoms with E-state index in [1.807, 2.05) is 0 Å². The van der Waals surface area contributed by atoms with Crippen molar-refractivity contribution >= 4 is 0 Å². The molecule has 1 saturated carbocycles. The molecule has 2 fully saturated rings. The van der Waals surface area contributed by atoms with Gasteiger partial charge in [0.05, 0.1) is 18.3 Å². The lowest BCUT2D eigenvalue weighted by Gasteiger charge is -2.31. The first kappa shape index (κ1) is 18.5. The van der Waals surface area contributed by atoms with Crippen LogP contribution in [-0.2, 0) is 15.7 Å². The van der Waals surface area contributed by atoms with E-state index in [-0.39, 0.29) is 11.7 Å². The van der Waals surface area contributed by atoms with Gasteiger partial charge in [0.2, 0.25) is 0 Å². The predicted octanol–water partition coefficient (Wildman–Crippen LogP) is 4.14. The summed E-state index contributed by atoms with van der Waals surface area (Å²) < 4.78 is 50.6. The molecule has 25 heavy (non-hydrogen) atoms. The monoisotopic (exact) mass is 359 g/mol. The minimum Gasteiger partial charge on any atom is -0.507 e. The van der Waals surface area contributed by atoms with Crippen LogP contribution in [0.1, 0.15) is 56.2 Å². The lowest BCUT2D eigenvalue weighted by Crippen LogP contribution is -2.36. The summed E-state index contributed by atoms with van der Waals surface area (Å²) >= 11 is 0. The van der Waals surface area contributed by atoms with Gasteiger partial charge in [0, 0.05) is 31.0 Å². The van der Waals surface area contributed by atoms with Crippen molar-refractivity contribution in [1.29, 1.82) is 0 Å². The number of hydrogen-bond acceptors (Lipinski definition) is 4. The number of aromatic hydroxyl groups is 1. The van der Waals surface area contributed by atoms with Gasteiger partial charge in [-0.25, -0.2) is 0 Å². The molecule has 4 nitrogen and oxygen atoms in total. The van der Waals surface area contributed by atoms with Crippen LogP contribution in [0.5, 0.6) is 5.75 Å². The van der Waals surface area contributed by atoms with E-state index >= 15 is 0 Å². The lowest BCUT2D eigenvalue weighted by molar-refractivity contribution is -0.186. The Bertz CT molecular complexity index is 600. The highest BCUT2D eigenvalue weighted by Crippen LogP contribution is 2.40. The van der Waals surface area contributed by atoms with Gasteiger partial charge < -0.3 is 19.9 Å². The molecule has 2 aliphatic rings. The van der Waals surface area contributed by atoms with Gasteiger partial charge in [-0.1, -0.05) is 18.6 Å². The molecule has 0 bridgehead atoms. The van der Waals surface area contributed by atoms with Gasteiger partial charge in [-0.05, 0) is 25.8 Å². The number of nitrogens with one attached hydrogen (secondary N) is 1. The van der Waals surface area contributed by atoms with Crippen molar-refractivity contribution < 1.29 is 27.8 Å². The Morgan fingerprint density at radius 1 is 1.28 bits per heavy atom. The summed E-state index contributed by atoms with van der Waals surface area (Å²) in [6, 6.07) is 3.25. The number of ether oxygens (including phenoxy) is 2. The number of rotatable bonds is 4. The van der Waals surface area contributed by atoms with E-state index in [9.17, 15) is 18.3 Å². The van der Waals surface area contributed by atoms with E-state index in [1.54, 1.807) is 6.92 Å². The second-order valence-corrected chi connectivity index (χ2v) is 6.89. The highest BCUT2D eigenvalue weighted by molar-refractivity contribution is 5.43. The highest BCUT2D eigenvalue weighted by Gasteiger charge is 2.42. The molecular weight excluding hydrogens is 335 g/mol. The van der Waals surface area contributed by atoms with E-state index in [0.29, 0.717) is 13.2 Å². The molecule has 1 heterocycles. The number of para-hydroxylation sites is 1. The fourth-order valence-electron chi connectivity index (χ4n) is 3.63. The number of phenolic OH excluding ortho intramolecular Hbond substituents is 1. The largest absolute Gasteiger partial charge is 0.507 e. The Morgan fingerprint density at radius 3 is 2.68 bits per heavy atom. The summed E-state index contributed by atoms with van der Waals surface area (Å²) in [4.78, 5) is 0. The SMILES string of the molecule is C[C@H](NC[C@@H]1COC2(CCCCC2)O1)c1cccc(C(F)(F)F)c1O. The van der Waals surface area contributed by atoms with Crippen LogP contribution in [-0.4, -0.2) is 30.1 Å². The van der Waals surface area contributed by atoms with Crippen LogP contribution in [0.25, 0.3) is 0 Å². The zero-order valence-corrected chi connectivity index (χ0v) is 14.2. The van der Waals surface area contributed by atoms with E-state index in [2.05, 4.69) is 5.32 Å². The summed E-state index contributed by atoms with van der Waals surface area (Å²) in [6.07, 6.45) is 0.469. The van der Waals surface area contributed by atoms with Crippen molar-refractivity contribution in [3.8, 4) is 5.75 Å². The Labute approximate surface area is 145 Å². The number of hydrogen-bond donors (Lipinski definition) is 2. The van der Waals surface area contributed by atoms with Gasteiger partial charge in [-0.2, -0.15) is 13.2 Å². The van der Waals surface area contributed by atoms with Crippen LogP contribution in [0.4, 0.5) is 13.2 Å². The van der Waals surface area contributed by atoms with Gasteiger partial charge >= 0.3 is 6.18 Å². The van der Waals surface area contributed by atoms with Gasteiger partial charge in [0.25, 0.3) is 0 Å². The Hall–Kier alpha value is -1.31. The van der Waals surface area contributed by atoms with Crippen molar-refractivity contribution in [3.63, 3.8) is 0 Å². The number of halogens is 3. The van der Waals surface area contributed by atoms with Gasteiger partial charge in [-0.3, -0.25) is 0 Å². The second kappa shape index (κ2) is 7.13. The second-order valence-electron chi connectivity index (χ2n) is 6.89. The van der Waals surface area contributed by atoms with Crippen LogP contribution in [0.15, 0.2) is 18.2 Å². The van der Waals surface area contributed by atoms with Gasteiger partial charge in [-0.15, -0.1) is 0 Å². The van der Waals surface area contributed by atoms with Gasteiger partial charge in [0.1, 0.15) is 5.75 Å². The molecular formula is C18H24F3NO3. The first-order valence-corrected chi connectivity index (χ1v) is 8.75. The van der Waals surface area contributed by atoms with Crippen LogP contribution in [0.3, 0.4) is 0 Å². The lowest BCUT2D eigenvalue weighted by atomic mass is 9.94. The van der Waals surface area contributed by atoms with E-state index in [0.717, 1.165) is 31.7 Å². The zero-order valence-electron chi connectivity index (χ0n) is 14.2. The third-order valence-electron chi connectivity index (χ3n) is 5.02. The van der Waals surface area contributed by atoms with Gasteiger partial charge in [0.15, 0.2) is 5.79 Å².